The van der Waals surface area contributed by atoms with Crippen LogP contribution in [0.15, 0.2) is 91.0 Å². The Morgan fingerprint density at radius 1 is 0.829 bits per heavy atom. The Hall–Kier alpha value is -3.75. The molecule has 0 saturated heterocycles. The van der Waals surface area contributed by atoms with E-state index in [1.54, 1.807) is 66.7 Å². The molecule has 1 amide bonds. The molecule has 0 unspecified atom stereocenters. The third-order valence-corrected chi connectivity index (χ3v) is 6.55. The van der Waals surface area contributed by atoms with Gasteiger partial charge in [-0.2, -0.15) is 0 Å². The zero-order valence-electron chi connectivity index (χ0n) is 18.6. The van der Waals surface area contributed by atoms with Crippen molar-refractivity contribution in [2.24, 2.45) is 0 Å². The summed E-state index contributed by atoms with van der Waals surface area (Å²) < 4.78 is 32.4. The van der Waals surface area contributed by atoms with Crippen molar-refractivity contribution in [1.82, 2.24) is 14.9 Å². The highest BCUT2D eigenvalue weighted by Crippen LogP contribution is 2.19. The van der Waals surface area contributed by atoms with E-state index in [9.17, 15) is 13.2 Å². The van der Waals surface area contributed by atoms with Gasteiger partial charge in [0.15, 0.2) is 0 Å². The van der Waals surface area contributed by atoms with Crippen molar-refractivity contribution in [1.29, 1.82) is 0 Å². The van der Waals surface area contributed by atoms with Crippen LogP contribution in [0.5, 0.6) is 5.88 Å². The number of carbonyl (C=O) groups is 1. The minimum Gasteiger partial charge on any atom is -0.476 e. The molecular weight excluding hydrogens is 486 g/mol. The van der Waals surface area contributed by atoms with E-state index >= 15 is 0 Å². The van der Waals surface area contributed by atoms with E-state index in [0.717, 1.165) is 11.1 Å². The Balaban J connectivity index is 1.32. The number of sulfonamides is 1. The van der Waals surface area contributed by atoms with Crippen LogP contribution in [0.2, 0.25) is 5.02 Å². The van der Waals surface area contributed by atoms with E-state index < -0.39 is 15.9 Å². The molecule has 0 fully saturated rings. The molecule has 178 valence electrons. The summed E-state index contributed by atoms with van der Waals surface area (Å²) in [6.07, 6.45) is 0.713. The maximum Gasteiger partial charge on any atom is 0.264 e. The third kappa shape index (κ3) is 7.11. The number of rotatable bonds is 9. The molecule has 0 spiro atoms. The molecule has 0 saturated carbocycles. The lowest BCUT2D eigenvalue weighted by Gasteiger charge is -2.08. The van der Waals surface area contributed by atoms with Crippen molar-refractivity contribution in [2.75, 3.05) is 6.61 Å². The molecule has 7 nitrogen and oxygen atoms in total. The van der Waals surface area contributed by atoms with Gasteiger partial charge in [0, 0.05) is 28.6 Å². The van der Waals surface area contributed by atoms with E-state index in [4.69, 9.17) is 16.3 Å². The molecule has 0 bridgehead atoms. The average molecular weight is 508 g/mol. The molecule has 0 radical (unpaired) electrons. The molecule has 9 heteroatoms. The van der Waals surface area contributed by atoms with Crippen molar-refractivity contribution >= 4 is 27.5 Å². The van der Waals surface area contributed by atoms with Crippen molar-refractivity contribution in [3.05, 3.63) is 113 Å². The highest BCUT2D eigenvalue weighted by Gasteiger charge is 2.17. The van der Waals surface area contributed by atoms with Gasteiger partial charge in [-0.25, -0.2) is 13.1 Å². The first-order chi connectivity index (χ1) is 16.9. The van der Waals surface area contributed by atoms with Crippen LogP contribution < -0.4 is 9.46 Å². The summed E-state index contributed by atoms with van der Waals surface area (Å²) >= 11 is 5.89. The molecule has 0 aliphatic carbocycles. The smallest absolute Gasteiger partial charge is 0.264 e. The van der Waals surface area contributed by atoms with Gasteiger partial charge in [-0.3, -0.25) is 4.79 Å². The van der Waals surface area contributed by atoms with Gasteiger partial charge < -0.3 is 4.74 Å². The molecule has 1 aromatic heterocycles. The first-order valence-electron chi connectivity index (χ1n) is 10.8. The Kier molecular flexibility index (Phi) is 7.74. The van der Waals surface area contributed by atoms with E-state index in [0.29, 0.717) is 35.2 Å². The zero-order valence-corrected chi connectivity index (χ0v) is 20.2. The van der Waals surface area contributed by atoms with E-state index in [1.165, 1.54) is 0 Å². The van der Waals surface area contributed by atoms with E-state index in [-0.39, 0.29) is 11.3 Å². The molecule has 35 heavy (non-hydrogen) atoms. The van der Waals surface area contributed by atoms with Gasteiger partial charge in [-0.1, -0.05) is 66.2 Å². The number of ether oxygens (including phenoxy) is 1. The molecule has 0 aliphatic heterocycles. The number of amides is 1. The molecule has 4 rings (SSSR count). The number of halogens is 1. The second kappa shape index (κ2) is 11.1. The molecule has 0 atom stereocenters. The van der Waals surface area contributed by atoms with Crippen molar-refractivity contribution < 1.29 is 17.9 Å². The number of nitrogens with zero attached hydrogens (tertiary/aromatic N) is 2. The van der Waals surface area contributed by atoms with Gasteiger partial charge in [0.05, 0.1) is 18.1 Å². The average Bonchev–Trinajstić information content (AvgIpc) is 2.86. The molecular formula is C26H22ClN3O4S. The summed E-state index contributed by atoms with van der Waals surface area (Å²) in [4.78, 5) is 12.4. The molecule has 1 N–H and O–H groups in total. The van der Waals surface area contributed by atoms with Gasteiger partial charge in [-0.15, -0.1) is 10.2 Å². The van der Waals surface area contributed by atoms with Gasteiger partial charge in [-0.05, 0) is 41.5 Å². The van der Waals surface area contributed by atoms with Crippen molar-refractivity contribution in [3.63, 3.8) is 0 Å². The van der Waals surface area contributed by atoms with Crippen LogP contribution in [0.3, 0.4) is 0 Å². The minimum atomic E-state index is -3.82. The largest absolute Gasteiger partial charge is 0.476 e. The highest BCUT2D eigenvalue weighted by molar-refractivity contribution is 7.89. The summed E-state index contributed by atoms with van der Waals surface area (Å²) in [5.41, 5.74) is 3.25. The van der Waals surface area contributed by atoms with Gasteiger partial charge >= 0.3 is 0 Å². The number of carbonyl (C=O) groups excluding carboxylic acids is 1. The van der Waals surface area contributed by atoms with Crippen LogP contribution in [0.1, 0.15) is 21.5 Å². The Morgan fingerprint density at radius 3 is 2.20 bits per heavy atom. The topological polar surface area (TPSA) is 98.2 Å². The van der Waals surface area contributed by atoms with Crippen molar-refractivity contribution in [3.8, 4) is 17.1 Å². The minimum absolute atomic E-state index is 0.223. The summed E-state index contributed by atoms with van der Waals surface area (Å²) in [6.45, 7) is 0.451. The number of hydrogen-bond acceptors (Lipinski definition) is 6. The number of nitrogens with one attached hydrogen (secondary N) is 1. The van der Waals surface area contributed by atoms with Crippen LogP contribution in [-0.2, 0) is 22.2 Å². The predicted molar refractivity (Wildman–Crippen MR) is 135 cm³/mol. The summed E-state index contributed by atoms with van der Waals surface area (Å²) in [5.74, 6) is -0.563. The maximum atomic E-state index is 12.4. The van der Waals surface area contributed by atoms with Crippen LogP contribution in [0, 0.1) is 0 Å². The lowest BCUT2D eigenvalue weighted by atomic mass is 10.1. The van der Waals surface area contributed by atoms with Crippen LogP contribution in [0.4, 0.5) is 0 Å². The fraction of sp³-hybridized carbons (Fsp3) is 0.115. The van der Waals surface area contributed by atoms with Crippen LogP contribution >= 0.6 is 11.6 Å². The van der Waals surface area contributed by atoms with Crippen LogP contribution in [-0.4, -0.2) is 31.1 Å². The predicted octanol–water partition coefficient (Wildman–Crippen LogP) is 4.68. The Bertz CT molecular complexity index is 1380. The molecule has 1 heterocycles. The third-order valence-electron chi connectivity index (χ3n) is 5.08. The highest BCUT2D eigenvalue weighted by atomic mass is 35.5. The van der Waals surface area contributed by atoms with Gasteiger partial charge in [0.1, 0.15) is 0 Å². The summed E-state index contributed by atoms with van der Waals surface area (Å²) in [7, 11) is -3.82. The van der Waals surface area contributed by atoms with Crippen molar-refractivity contribution in [2.45, 2.75) is 12.2 Å². The SMILES string of the molecule is O=C(NS(=O)(=O)Cc1ccccc1)c1ccc(-c2ccc(OCCc3ccc(Cl)cc3)nn2)cc1. The molecule has 0 aliphatic rings. The number of aromatic nitrogens is 2. The standard InChI is InChI=1S/C26H22ClN3O4S/c27-23-12-6-19(7-13-23)16-17-34-25-15-14-24(28-29-25)21-8-10-22(11-9-21)26(31)30-35(32,33)18-20-4-2-1-3-5-20/h1-15H,16-18H2,(H,30,31). The van der Waals surface area contributed by atoms with Gasteiger partial charge in [0.25, 0.3) is 5.91 Å². The first-order valence-corrected chi connectivity index (χ1v) is 12.8. The normalized spacial score (nSPS) is 11.1. The zero-order chi connectivity index (χ0) is 24.7. The summed E-state index contributed by atoms with van der Waals surface area (Å²) in [6, 6.07) is 26.2. The second-order valence-corrected chi connectivity index (χ2v) is 9.89. The lowest BCUT2D eigenvalue weighted by Crippen LogP contribution is -2.31. The van der Waals surface area contributed by atoms with Gasteiger partial charge in [0.2, 0.25) is 15.9 Å². The van der Waals surface area contributed by atoms with E-state index in [2.05, 4.69) is 14.9 Å². The molecule has 3 aromatic carbocycles. The fourth-order valence-corrected chi connectivity index (χ4v) is 4.53. The Morgan fingerprint density at radius 2 is 1.54 bits per heavy atom. The fourth-order valence-electron chi connectivity index (χ4n) is 3.30. The van der Waals surface area contributed by atoms with E-state index in [1.807, 2.05) is 24.3 Å². The molecule has 4 aromatic rings. The second-order valence-electron chi connectivity index (χ2n) is 7.73. The quantitative estimate of drug-likeness (QED) is 0.353. The first kappa shape index (κ1) is 24.4. The summed E-state index contributed by atoms with van der Waals surface area (Å²) in [5, 5.41) is 8.96. The van der Waals surface area contributed by atoms with Crippen LogP contribution in [0.25, 0.3) is 11.3 Å². The maximum absolute atomic E-state index is 12.4. The Labute approximate surface area is 208 Å². The number of hydrogen-bond donors (Lipinski definition) is 1. The number of benzene rings is 3. The lowest BCUT2D eigenvalue weighted by molar-refractivity contribution is 0.0981. The monoisotopic (exact) mass is 507 g/mol.